The van der Waals surface area contributed by atoms with Gasteiger partial charge >= 0.3 is 0 Å². The Morgan fingerprint density at radius 1 is 1.04 bits per heavy atom. The molecule has 0 saturated carbocycles. The third-order valence-corrected chi connectivity index (χ3v) is 4.63. The summed E-state index contributed by atoms with van der Waals surface area (Å²) in [6.45, 7) is 6.00. The number of halogens is 2. The van der Waals surface area contributed by atoms with E-state index < -0.39 is 0 Å². The topological polar surface area (TPSA) is 48.9 Å². The van der Waals surface area contributed by atoms with Gasteiger partial charge in [0.15, 0.2) is 5.96 Å². The van der Waals surface area contributed by atoms with Gasteiger partial charge in [-0.05, 0) is 30.2 Å². The van der Waals surface area contributed by atoms with E-state index in [2.05, 4.69) is 46.8 Å². The summed E-state index contributed by atoms with van der Waals surface area (Å²) < 4.78 is 19.8. The largest absolute Gasteiger partial charge is 0.378 e. The summed E-state index contributed by atoms with van der Waals surface area (Å²) in [6.07, 6.45) is 0. The molecule has 0 aliphatic carbocycles. The van der Waals surface area contributed by atoms with Crippen LogP contribution in [0.15, 0.2) is 47.5 Å². The number of aryl methyl sites for hydroxylation is 1. The predicted octanol–water partition coefficient (Wildman–Crippen LogP) is 3.45. The van der Waals surface area contributed by atoms with Crippen LogP contribution in [0.4, 0.5) is 10.1 Å². The van der Waals surface area contributed by atoms with Crippen molar-refractivity contribution in [2.75, 3.05) is 38.3 Å². The second-order valence-electron chi connectivity index (χ2n) is 6.65. The van der Waals surface area contributed by atoms with Gasteiger partial charge in [-0.1, -0.05) is 35.9 Å². The normalized spacial score (nSPS) is 14.4. The monoisotopic (exact) mass is 498 g/mol. The summed E-state index contributed by atoms with van der Waals surface area (Å²) >= 11 is 0. The van der Waals surface area contributed by atoms with E-state index in [1.807, 2.05) is 17.0 Å². The van der Waals surface area contributed by atoms with Gasteiger partial charge in [0.1, 0.15) is 5.82 Å². The van der Waals surface area contributed by atoms with Crippen molar-refractivity contribution >= 4 is 35.6 Å². The van der Waals surface area contributed by atoms with Gasteiger partial charge in [0, 0.05) is 33.2 Å². The molecule has 2 aromatic rings. The Labute approximate surface area is 183 Å². The molecule has 2 N–H and O–H groups in total. The first-order valence-electron chi connectivity index (χ1n) is 9.27. The fourth-order valence-corrected chi connectivity index (χ4v) is 3.02. The first kappa shape index (κ1) is 22.4. The van der Waals surface area contributed by atoms with Gasteiger partial charge in [0.2, 0.25) is 0 Å². The standard InChI is InChI=1S/C21H27FN4O.HI/c1-16-3-5-17(6-4-16)14-24-21(23-2)25-15-18-7-8-20(19(22)13-18)26-9-11-27-12-10-26;/h3-8,13H,9-12,14-15H2,1-2H3,(H2,23,24,25);1H. The second kappa shape index (κ2) is 11.2. The van der Waals surface area contributed by atoms with Crippen LogP contribution in [0.1, 0.15) is 16.7 Å². The molecular formula is C21H28FIN4O. The Bertz CT molecular complexity index is 776. The molecule has 0 atom stereocenters. The van der Waals surface area contributed by atoms with Crippen molar-refractivity contribution in [2.24, 2.45) is 4.99 Å². The molecule has 1 aliphatic heterocycles. The van der Waals surface area contributed by atoms with Crippen molar-refractivity contribution in [2.45, 2.75) is 20.0 Å². The summed E-state index contributed by atoms with van der Waals surface area (Å²) in [4.78, 5) is 6.25. The molecule has 0 unspecified atom stereocenters. The lowest BCUT2D eigenvalue weighted by Gasteiger charge is -2.29. The highest BCUT2D eigenvalue weighted by atomic mass is 127. The van der Waals surface area contributed by atoms with E-state index in [0.717, 1.165) is 18.7 Å². The fourth-order valence-electron chi connectivity index (χ4n) is 3.02. The Hall–Kier alpha value is -1.87. The van der Waals surface area contributed by atoms with Crippen molar-refractivity contribution < 1.29 is 9.13 Å². The molecule has 0 radical (unpaired) electrons. The average Bonchev–Trinajstić information content (AvgIpc) is 2.70. The highest BCUT2D eigenvalue weighted by molar-refractivity contribution is 14.0. The van der Waals surface area contributed by atoms with Gasteiger partial charge in [-0.3, -0.25) is 4.99 Å². The summed E-state index contributed by atoms with van der Waals surface area (Å²) in [6, 6.07) is 13.8. The highest BCUT2D eigenvalue weighted by Crippen LogP contribution is 2.21. The number of ether oxygens (including phenoxy) is 1. The number of benzene rings is 2. The molecule has 3 rings (SSSR count). The maximum absolute atomic E-state index is 14.5. The van der Waals surface area contributed by atoms with Gasteiger partial charge in [-0.25, -0.2) is 4.39 Å². The van der Waals surface area contributed by atoms with Crippen molar-refractivity contribution in [1.82, 2.24) is 10.6 Å². The van der Waals surface area contributed by atoms with Crippen LogP contribution in [0, 0.1) is 12.7 Å². The van der Waals surface area contributed by atoms with E-state index in [1.165, 1.54) is 11.1 Å². The third-order valence-electron chi connectivity index (χ3n) is 4.63. The number of hydrogen-bond donors (Lipinski definition) is 2. The molecule has 1 heterocycles. The molecule has 1 fully saturated rings. The first-order valence-corrected chi connectivity index (χ1v) is 9.27. The van der Waals surface area contributed by atoms with Gasteiger partial charge < -0.3 is 20.3 Å². The molecule has 152 valence electrons. The lowest BCUT2D eigenvalue weighted by molar-refractivity contribution is 0.122. The summed E-state index contributed by atoms with van der Waals surface area (Å²) in [5, 5.41) is 6.51. The summed E-state index contributed by atoms with van der Waals surface area (Å²) in [7, 11) is 1.73. The van der Waals surface area contributed by atoms with Crippen LogP contribution in [-0.4, -0.2) is 39.3 Å². The van der Waals surface area contributed by atoms with E-state index in [1.54, 1.807) is 13.1 Å². The molecule has 28 heavy (non-hydrogen) atoms. The van der Waals surface area contributed by atoms with E-state index >= 15 is 0 Å². The van der Waals surface area contributed by atoms with Crippen LogP contribution in [0.5, 0.6) is 0 Å². The Morgan fingerprint density at radius 3 is 2.25 bits per heavy atom. The van der Waals surface area contributed by atoms with Crippen LogP contribution in [0.2, 0.25) is 0 Å². The zero-order valence-corrected chi connectivity index (χ0v) is 18.7. The zero-order valence-electron chi connectivity index (χ0n) is 16.4. The van der Waals surface area contributed by atoms with Gasteiger partial charge in [-0.15, -0.1) is 24.0 Å². The molecule has 0 bridgehead atoms. The number of anilines is 1. The molecule has 0 amide bonds. The number of hydrogen-bond acceptors (Lipinski definition) is 3. The quantitative estimate of drug-likeness (QED) is 0.377. The molecule has 0 spiro atoms. The Balaban J connectivity index is 0.00000280. The van der Waals surface area contributed by atoms with Crippen molar-refractivity contribution in [1.29, 1.82) is 0 Å². The molecule has 0 aromatic heterocycles. The van der Waals surface area contributed by atoms with Crippen LogP contribution >= 0.6 is 24.0 Å². The SMILES string of the molecule is CN=C(NCc1ccc(C)cc1)NCc1ccc(N2CCOCC2)c(F)c1.I. The maximum atomic E-state index is 14.5. The second-order valence-corrected chi connectivity index (χ2v) is 6.65. The number of guanidine groups is 1. The maximum Gasteiger partial charge on any atom is 0.191 e. The number of aliphatic imine (C=N–C) groups is 1. The van der Waals surface area contributed by atoms with Gasteiger partial charge in [-0.2, -0.15) is 0 Å². The summed E-state index contributed by atoms with van der Waals surface area (Å²) in [5.74, 6) is 0.493. The lowest BCUT2D eigenvalue weighted by atomic mass is 10.1. The number of rotatable bonds is 5. The molecular weight excluding hydrogens is 470 g/mol. The molecule has 1 saturated heterocycles. The first-order chi connectivity index (χ1) is 13.2. The molecule has 7 heteroatoms. The van der Waals surface area contributed by atoms with Crippen LogP contribution in [0.3, 0.4) is 0 Å². The summed E-state index contributed by atoms with van der Waals surface area (Å²) in [5.41, 5.74) is 3.94. The minimum atomic E-state index is -0.196. The van der Waals surface area contributed by atoms with Gasteiger partial charge in [0.25, 0.3) is 0 Å². The third kappa shape index (κ3) is 6.34. The molecule has 1 aliphatic rings. The van der Waals surface area contributed by atoms with Crippen LogP contribution < -0.4 is 15.5 Å². The highest BCUT2D eigenvalue weighted by Gasteiger charge is 2.15. The van der Waals surface area contributed by atoms with E-state index in [-0.39, 0.29) is 29.8 Å². The fraction of sp³-hybridized carbons (Fsp3) is 0.381. The smallest absolute Gasteiger partial charge is 0.191 e. The van der Waals surface area contributed by atoms with Crippen LogP contribution in [-0.2, 0) is 17.8 Å². The van der Waals surface area contributed by atoms with Crippen molar-refractivity contribution in [3.63, 3.8) is 0 Å². The zero-order chi connectivity index (χ0) is 19.1. The number of nitrogens with zero attached hydrogens (tertiary/aromatic N) is 2. The van der Waals surface area contributed by atoms with Crippen molar-refractivity contribution in [3.05, 3.63) is 65.0 Å². The minimum Gasteiger partial charge on any atom is -0.378 e. The number of morpholine rings is 1. The Morgan fingerprint density at radius 2 is 1.64 bits per heavy atom. The van der Waals surface area contributed by atoms with E-state index in [4.69, 9.17) is 4.74 Å². The average molecular weight is 498 g/mol. The molecule has 2 aromatic carbocycles. The van der Waals surface area contributed by atoms with Gasteiger partial charge in [0.05, 0.1) is 18.9 Å². The lowest BCUT2D eigenvalue weighted by Crippen LogP contribution is -2.37. The number of nitrogens with one attached hydrogen (secondary N) is 2. The van der Waals surface area contributed by atoms with E-state index in [0.29, 0.717) is 38.0 Å². The van der Waals surface area contributed by atoms with Crippen molar-refractivity contribution in [3.8, 4) is 0 Å². The molecule has 5 nitrogen and oxygen atoms in total. The predicted molar refractivity (Wildman–Crippen MR) is 123 cm³/mol. The van der Waals surface area contributed by atoms with E-state index in [9.17, 15) is 4.39 Å². The van der Waals surface area contributed by atoms with Crippen LogP contribution in [0.25, 0.3) is 0 Å². The minimum absolute atomic E-state index is 0. The Kier molecular flexibility index (Phi) is 8.98.